The van der Waals surface area contributed by atoms with E-state index in [0.29, 0.717) is 16.9 Å². The zero-order valence-corrected chi connectivity index (χ0v) is 14.7. The molecular weight excluding hydrogens is 326 g/mol. The number of fused-ring (bicyclic) bond motifs is 1. The van der Waals surface area contributed by atoms with Crippen molar-refractivity contribution in [3.63, 3.8) is 0 Å². The normalized spacial score (nSPS) is 10.6. The summed E-state index contributed by atoms with van der Waals surface area (Å²) < 4.78 is 0. The predicted octanol–water partition coefficient (Wildman–Crippen LogP) is 4.62. The molecule has 0 unspecified atom stereocenters. The van der Waals surface area contributed by atoms with Gasteiger partial charge >= 0.3 is 6.03 Å². The third-order valence-corrected chi connectivity index (χ3v) is 3.83. The first-order chi connectivity index (χ1) is 12.5. The van der Waals surface area contributed by atoms with Gasteiger partial charge in [-0.05, 0) is 61.0 Å². The standard InChI is InChI=1S/C21H21N3O2/c1-14(2)22-21(26)24-19-11-9-18(10-12-19)23-20(25)17-8-7-15-5-3-4-6-16(15)13-17/h3-14H,1-2H3,(H,23,25)(H2,22,24,26). The van der Waals surface area contributed by atoms with Crippen LogP contribution in [0.15, 0.2) is 66.7 Å². The Labute approximate surface area is 152 Å². The molecule has 0 aliphatic heterocycles. The highest BCUT2D eigenvalue weighted by atomic mass is 16.2. The monoisotopic (exact) mass is 347 g/mol. The van der Waals surface area contributed by atoms with Crippen LogP contribution in [0.3, 0.4) is 0 Å². The van der Waals surface area contributed by atoms with E-state index in [-0.39, 0.29) is 18.0 Å². The quantitative estimate of drug-likeness (QED) is 0.644. The Balaban J connectivity index is 1.66. The minimum atomic E-state index is -0.257. The minimum Gasteiger partial charge on any atom is -0.336 e. The van der Waals surface area contributed by atoms with Crippen molar-refractivity contribution >= 4 is 34.1 Å². The highest BCUT2D eigenvalue weighted by Crippen LogP contribution is 2.18. The summed E-state index contributed by atoms with van der Waals surface area (Å²) in [6, 6.07) is 20.3. The molecule has 0 fully saturated rings. The van der Waals surface area contributed by atoms with Crippen LogP contribution in [-0.2, 0) is 0 Å². The number of nitrogens with one attached hydrogen (secondary N) is 3. The number of urea groups is 1. The topological polar surface area (TPSA) is 70.2 Å². The van der Waals surface area contributed by atoms with E-state index in [4.69, 9.17) is 0 Å². The number of amides is 3. The second-order valence-electron chi connectivity index (χ2n) is 6.35. The van der Waals surface area contributed by atoms with E-state index in [1.807, 2.05) is 56.3 Å². The van der Waals surface area contributed by atoms with E-state index < -0.39 is 0 Å². The van der Waals surface area contributed by atoms with Gasteiger partial charge in [-0.15, -0.1) is 0 Å². The number of rotatable bonds is 4. The van der Waals surface area contributed by atoms with Gasteiger partial charge in [-0.3, -0.25) is 4.79 Å². The van der Waals surface area contributed by atoms with Crippen LogP contribution in [0.2, 0.25) is 0 Å². The summed E-state index contributed by atoms with van der Waals surface area (Å²) in [5.74, 6) is -0.172. The first-order valence-corrected chi connectivity index (χ1v) is 8.49. The van der Waals surface area contributed by atoms with E-state index in [0.717, 1.165) is 10.8 Å². The van der Waals surface area contributed by atoms with Crippen molar-refractivity contribution in [3.05, 3.63) is 72.3 Å². The summed E-state index contributed by atoms with van der Waals surface area (Å²) in [5, 5.41) is 10.5. The van der Waals surface area contributed by atoms with Gasteiger partial charge in [0.15, 0.2) is 0 Å². The number of anilines is 2. The summed E-state index contributed by atoms with van der Waals surface area (Å²) in [6.07, 6.45) is 0. The summed E-state index contributed by atoms with van der Waals surface area (Å²) in [6.45, 7) is 3.79. The Hall–Kier alpha value is -3.34. The zero-order chi connectivity index (χ0) is 18.5. The third kappa shape index (κ3) is 4.39. The molecule has 3 aromatic rings. The number of carbonyl (C=O) groups excluding carboxylic acids is 2. The van der Waals surface area contributed by atoms with E-state index in [2.05, 4.69) is 16.0 Å². The fraction of sp³-hybridized carbons (Fsp3) is 0.143. The lowest BCUT2D eigenvalue weighted by Crippen LogP contribution is -2.34. The molecule has 3 amide bonds. The highest BCUT2D eigenvalue weighted by molar-refractivity contribution is 6.06. The smallest absolute Gasteiger partial charge is 0.319 e. The molecule has 5 nitrogen and oxygen atoms in total. The number of hydrogen-bond acceptors (Lipinski definition) is 2. The van der Waals surface area contributed by atoms with E-state index >= 15 is 0 Å². The summed E-state index contributed by atoms with van der Waals surface area (Å²) in [5.41, 5.74) is 1.92. The van der Waals surface area contributed by atoms with Crippen LogP contribution < -0.4 is 16.0 Å². The molecule has 5 heteroatoms. The Morgan fingerprint density at radius 2 is 1.38 bits per heavy atom. The maximum atomic E-state index is 12.5. The van der Waals surface area contributed by atoms with Crippen molar-refractivity contribution in [2.75, 3.05) is 10.6 Å². The molecule has 132 valence electrons. The van der Waals surface area contributed by atoms with Crippen LogP contribution in [0.5, 0.6) is 0 Å². The van der Waals surface area contributed by atoms with Crippen LogP contribution in [-0.4, -0.2) is 18.0 Å². The molecular formula is C21H21N3O2. The van der Waals surface area contributed by atoms with Gasteiger partial charge in [-0.2, -0.15) is 0 Å². The molecule has 0 atom stereocenters. The Bertz CT molecular complexity index is 933. The number of benzene rings is 3. The van der Waals surface area contributed by atoms with Crippen molar-refractivity contribution in [3.8, 4) is 0 Å². The molecule has 26 heavy (non-hydrogen) atoms. The largest absolute Gasteiger partial charge is 0.336 e. The van der Waals surface area contributed by atoms with Gasteiger partial charge in [0.25, 0.3) is 5.91 Å². The molecule has 3 rings (SSSR count). The Morgan fingerprint density at radius 3 is 2.04 bits per heavy atom. The molecule has 0 aliphatic rings. The molecule has 0 bridgehead atoms. The minimum absolute atomic E-state index is 0.0653. The SMILES string of the molecule is CC(C)NC(=O)Nc1ccc(NC(=O)c2ccc3ccccc3c2)cc1. The second kappa shape index (κ2) is 7.70. The van der Waals surface area contributed by atoms with Crippen LogP contribution in [0.1, 0.15) is 24.2 Å². The van der Waals surface area contributed by atoms with Crippen molar-refractivity contribution in [1.29, 1.82) is 0 Å². The van der Waals surface area contributed by atoms with Crippen LogP contribution in [0, 0.1) is 0 Å². The van der Waals surface area contributed by atoms with Gasteiger partial charge in [0.1, 0.15) is 0 Å². The van der Waals surface area contributed by atoms with E-state index in [9.17, 15) is 9.59 Å². The number of hydrogen-bond donors (Lipinski definition) is 3. The van der Waals surface area contributed by atoms with Crippen molar-refractivity contribution in [1.82, 2.24) is 5.32 Å². The molecule has 0 saturated carbocycles. The van der Waals surface area contributed by atoms with Gasteiger partial charge in [0.05, 0.1) is 0 Å². The molecule has 0 radical (unpaired) electrons. The fourth-order valence-corrected chi connectivity index (χ4v) is 2.60. The molecule has 0 aliphatic carbocycles. The first kappa shape index (κ1) is 17.5. The van der Waals surface area contributed by atoms with Crippen LogP contribution in [0.25, 0.3) is 10.8 Å². The first-order valence-electron chi connectivity index (χ1n) is 8.49. The summed E-state index contributed by atoms with van der Waals surface area (Å²) in [7, 11) is 0. The third-order valence-electron chi connectivity index (χ3n) is 3.83. The highest BCUT2D eigenvalue weighted by Gasteiger charge is 2.08. The van der Waals surface area contributed by atoms with Crippen molar-refractivity contribution < 1.29 is 9.59 Å². The van der Waals surface area contributed by atoms with Gasteiger partial charge in [-0.25, -0.2) is 4.79 Å². The fourth-order valence-electron chi connectivity index (χ4n) is 2.60. The Morgan fingerprint density at radius 1 is 0.769 bits per heavy atom. The van der Waals surface area contributed by atoms with Crippen LogP contribution in [0.4, 0.5) is 16.2 Å². The molecule has 0 aromatic heterocycles. The molecule has 0 saturated heterocycles. The van der Waals surface area contributed by atoms with E-state index in [1.165, 1.54) is 0 Å². The lowest BCUT2D eigenvalue weighted by Gasteiger charge is -2.11. The van der Waals surface area contributed by atoms with E-state index in [1.54, 1.807) is 24.3 Å². The van der Waals surface area contributed by atoms with Crippen molar-refractivity contribution in [2.45, 2.75) is 19.9 Å². The average Bonchev–Trinajstić information content (AvgIpc) is 2.62. The maximum absolute atomic E-state index is 12.5. The van der Waals surface area contributed by atoms with Gasteiger partial charge in [0.2, 0.25) is 0 Å². The molecule has 3 aromatic carbocycles. The molecule has 3 N–H and O–H groups in total. The maximum Gasteiger partial charge on any atom is 0.319 e. The summed E-state index contributed by atoms with van der Waals surface area (Å²) in [4.78, 5) is 24.1. The Kier molecular flexibility index (Phi) is 5.17. The zero-order valence-electron chi connectivity index (χ0n) is 14.7. The van der Waals surface area contributed by atoms with Crippen molar-refractivity contribution in [2.24, 2.45) is 0 Å². The molecule has 0 heterocycles. The lowest BCUT2D eigenvalue weighted by atomic mass is 10.1. The number of carbonyl (C=O) groups is 2. The van der Waals surface area contributed by atoms with Gasteiger partial charge < -0.3 is 16.0 Å². The average molecular weight is 347 g/mol. The lowest BCUT2D eigenvalue weighted by molar-refractivity contribution is 0.102. The summed E-state index contributed by atoms with van der Waals surface area (Å²) >= 11 is 0. The molecule has 0 spiro atoms. The van der Waals surface area contributed by atoms with Gasteiger partial charge in [-0.1, -0.05) is 30.3 Å². The predicted molar refractivity (Wildman–Crippen MR) is 106 cm³/mol. The second-order valence-corrected chi connectivity index (χ2v) is 6.35. The van der Waals surface area contributed by atoms with Crippen LogP contribution >= 0.6 is 0 Å². The van der Waals surface area contributed by atoms with Gasteiger partial charge in [0, 0.05) is 23.0 Å².